The first kappa shape index (κ1) is 33.2. The van der Waals surface area contributed by atoms with E-state index in [1.54, 1.807) is 0 Å². The Hall–Kier alpha value is -7.42. The van der Waals surface area contributed by atoms with Gasteiger partial charge in [0.1, 0.15) is 0 Å². The van der Waals surface area contributed by atoms with Gasteiger partial charge in [-0.2, -0.15) is 0 Å². The van der Waals surface area contributed by atoms with E-state index in [2.05, 4.69) is 240 Å². The number of aromatic nitrogens is 2. The largest absolute Gasteiger partial charge is 0.308 e. The highest BCUT2D eigenvalue weighted by molar-refractivity contribution is 5.94. The molecule has 2 aromatic heterocycles. The number of hydrogen-bond acceptors (Lipinski definition) is 0. The molecule has 0 fully saturated rings. The van der Waals surface area contributed by atoms with Crippen LogP contribution in [0.4, 0.5) is 0 Å². The average molecular weight is 715 g/mol. The van der Waals surface area contributed by atoms with E-state index >= 15 is 0 Å². The standard InChI is InChI=1S/C54H38N2/c1-5-13-39(14-6-1)43-21-25-47(26-22-43)51-37-53-54(55(51)49-33-29-45(30-34-49)41-17-9-3-10-18-41)38-52(48-27-23-44(24-28-48)40-15-7-2-8-16-40)56(53)50-35-31-46(32-36-50)42-19-11-4-12-20-42/h1-38H. The minimum Gasteiger partial charge on any atom is -0.308 e. The fourth-order valence-electron chi connectivity index (χ4n) is 7.93. The number of rotatable bonds is 8. The summed E-state index contributed by atoms with van der Waals surface area (Å²) >= 11 is 0. The van der Waals surface area contributed by atoms with E-state index in [1.165, 1.54) is 44.5 Å². The van der Waals surface area contributed by atoms with Crippen molar-refractivity contribution in [2.24, 2.45) is 0 Å². The third kappa shape index (κ3) is 6.24. The van der Waals surface area contributed by atoms with Gasteiger partial charge in [-0.3, -0.25) is 0 Å². The van der Waals surface area contributed by atoms with Crippen molar-refractivity contribution in [1.82, 2.24) is 9.13 Å². The fraction of sp³-hybridized carbons (Fsp3) is 0. The molecule has 10 aromatic rings. The van der Waals surface area contributed by atoms with E-state index in [0.29, 0.717) is 0 Å². The maximum Gasteiger partial charge on any atom is 0.0724 e. The number of fused-ring (bicyclic) bond motifs is 1. The molecule has 2 heteroatoms. The molecule has 8 aromatic carbocycles. The van der Waals surface area contributed by atoms with Crippen molar-refractivity contribution < 1.29 is 0 Å². The second kappa shape index (κ2) is 14.4. The maximum absolute atomic E-state index is 2.43. The second-order valence-corrected chi connectivity index (χ2v) is 14.2. The van der Waals surface area contributed by atoms with E-state index in [-0.39, 0.29) is 0 Å². The van der Waals surface area contributed by atoms with Crippen LogP contribution in [0.15, 0.2) is 231 Å². The Morgan fingerprint density at radius 2 is 0.411 bits per heavy atom. The van der Waals surface area contributed by atoms with Crippen LogP contribution in [0.5, 0.6) is 0 Å². The van der Waals surface area contributed by atoms with Gasteiger partial charge in [-0.1, -0.05) is 194 Å². The summed E-state index contributed by atoms with van der Waals surface area (Å²) in [5.41, 5.74) is 18.8. The summed E-state index contributed by atoms with van der Waals surface area (Å²) in [6, 6.07) is 83.0. The summed E-state index contributed by atoms with van der Waals surface area (Å²) < 4.78 is 4.86. The summed E-state index contributed by atoms with van der Waals surface area (Å²) in [6.07, 6.45) is 0. The molecule has 264 valence electrons. The molecule has 2 heterocycles. The lowest BCUT2D eigenvalue weighted by atomic mass is 10.0. The molecular formula is C54H38N2. The Labute approximate surface area is 327 Å². The summed E-state index contributed by atoms with van der Waals surface area (Å²) in [4.78, 5) is 0. The minimum atomic E-state index is 1.12. The third-order valence-corrected chi connectivity index (χ3v) is 10.8. The van der Waals surface area contributed by atoms with Crippen LogP contribution in [0, 0.1) is 0 Å². The zero-order valence-corrected chi connectivity index (χ0v) is 30.8. The molecule has 0 saturated heterocycles. The van der Waals surface area contributed by atoms with Gasteiger partial charge in [0.25, 0.3) is 0 Å². The zero-order chi connectivity index (χ0) is 37.3. The highest BCUT2D eigenvalue weighted by Crippen LogP contribution is 2.40. The fourth-order valence-corrected chi connectivity index (χ4v) is 7.93. The first-order valence-corrected chi connectivity index (χ1v) is 19.2. The van der Waals surface area contributed by atoms with Gasteiger partial charge in [0.05, 0.1) is 22.4 Å². The average Bonchev–Trinajstić information content (AvgIpc) is 3.85. The van der Waals surface area contributed by atoms with Gasteiger partial charge in [-0.15, -0.1) is 0 Å². The lowest BCUT2D eigenvalue weighted by Gasteiger charge is -2.14. The highest BCUT2D eigenvalue weighted by Gasteiger charge is 2.21. The second-order valence-electron chi connectivity index (χ2n) is 14.2. The highest BCUT2D eigenvalue weighted by atomic mass is 15.1. The minimum absolute atomic E-state index is 1.12. The lowest BCUT2D eigenvalue weighted by Crippen LogP contribution is -1.97. The molecular weight excluding hydrogens is 677 g/mol. The number of hydrogen-bond donors (Lipinski definition) is 0. The first-order valence-electron chi connectivity index (χ1n) is 19.2. The van der Waals surface area contributed by atoms with Crippen LogP contribution in [0.1, 0.15) is 0 Å². The molecule has 0 unspecified atom stereocenters. The number of nitrogens with zero attached hydrogens (tertiary/aromatic N) is 2. The van der Waals surface area contributed by atoms with Crippen molar-refractivity contribution in [2.45, 2.75) is 0 Å². The molecule has 0 amide bonds. The Balaban J connectivity index is 1.17. The Kier molecular flexibility index (Phi) is 8.55. The van der Waals surface area contributed by atoms with Crippen LogP contribution in [0.25, 0.3) is 89.4 Å². The van der Waals surface area contributed by atoms with E-state index in [1.807, 2.05) is 0 Å². The monoisotopic (exact) mass is 714 g/mol. The van der Waals surface area contributed by atoms with Gasteiger partial charge in [-0.25, -0.2) is 0 Å². The van der Waals surface area contributed by atoms with E-state index in [4.69, 9.17) is 0 Å². The number of benzene rings is 8. The van der Waals surface area contributed by atoms with Crippen molar-refractivity contribution in [3.63, 3.8) is 0 Å². The van der Waals surface area contributed by atoms with Crippen LogP contribution >= 0.6 is 0 Å². The van der Waals surface area contributed by atoms with Crippen molar-refractivity contribution in [1.29, 1.82) is 0 Å². The molecule has 0 spiro atoms. The molecule has 0 aliphatic heterocycles. The van der Waals surface area contributed by atoms with E-state index < -0.39 is 0 Å². The predicted molar refractivity (Wildman–Crippen MR) is 235 cm³/mol. The molecule has 0 aliphatic carbocycles. The maximum atomic E-state index is 2.43. The topological polar surface area (TPSA) is 9.86 Å². The first-order chi connectivity index (χ1) is 27.8. The summed E-state index contributed by atoms with van der Waals surface area (Å²) in [5.74, 6) is 0. The van der Waals surface area contributed by atoms with Gasteiger partial charge in [0, 0.05) is 11.4 Å². The Bertz CT molecular complexity index is 2660. The molecule has 10 rings (SSSR count). The molecule has 56 heavy (non-hydrogen) atoms. The molecule has 0 saturated carbocycles. The van der Waals surface area contributed by atoms with Gasteiger partial charge in [0.2, 0.25) is 0 Å². The predicted octanol–water partition coefficient (Wildman–Crippen LogP) is 14.4. The van der Waals surface area contributed by atoms with Crippen LogP contribution in [-0.2, 0) is 0 Å². The molecule has 0 bridgehead atoms. The van der Waals surface area contributed by atoms with Crippen LogP contribution in [0.3, 0.4) is 0 Å². The summed E-state index contributed by atoms with van der Waals surface area (Å²) in [5, 5.41) is 0. The Morgan fingerprint density at radius 1 is 0.196 bits per heavy atom. The third-order valence-electron chi connectivity index (χ3n) is 10.8. The smallest absolute Gasteiger partial charge is 0.0724 e. The normalized spacial score (nSPS) is 11.2. The van der Waals surface area contributed by atoms with Crippen molar-refractivity contribution >= 4 is 11.0 Å². The van der Waals surface area contributed by atoms with Gasteiger partial charge < -0.3 is 9.13 Å². The lowest BCUT2D eigenvalue weighted by molar-refractivity contribution is 1.13. The van der Waals surface area contributed by atoms with Crippen molar-refractivity contribution in [3.05, 3.63) is 231 Å². The van der Waals surface area contributed by atoms with Gasteiger partial charge >= 0.3 is 0 Å². The van der Waals surface area contributed by atoms with E-state index in [9.17, 15) is 0 Å². The molecule has 0 aliphatic rings. The summed E-state index contributed by atoms with van der Waals surface area (Å²) in [7, 11) is 0. The molecule has 0 atom stereocenters. The molecule has 0 radical (unpaired) electrons. The van der Waals surface area contributed by atoms with Crippen molar-refractivity contribution in [2.75, 3.05) is 0 Å². The summed E-state index contributed by atoms with van der Waals surface area (Å²) in [6.45, 7) is 0. The zero-order valence-electron chi connectivity index (χ0n) is 30.8. The van der Waals surface area contributed by atoms with Gasteiger partial charge in [0.15, 0.2) is 0 Å². The van der Waals surface area contributed by atoms with Gasteiger partial charge in [-0.05, 0) is 92.0 Å². The molecule has 0 N–H and O–H groups in total. The Morgan fingerprint density at radius 3 is 0.679 bits per heavy atom. The van der Waals surface area contributed by atoms with Crippen LogP contribution in [0.2, 0.25) is 0 Å². The molecule has 2 nitrogen and oxygen atoms in total. The SMILES string of the molecule is c1ccc(-c2ccc(-c3cc4c(cc(-c5ccc(-c6ccccc6)cc5)n4-c4ccc(-c5ccccc5)cc4)n3-c3ccc(-c4ccccc4)cc3)cc2)cc1. The quantitative estimate of drug-likeness (QED) is 0.148. The van der Waals surface area contributed by atoms with E-state index in [0.717, 1.165) is 44.9 Å². The van der Waals surface area contributed by atoms with Crippen LogP contribution < -0.4 is 0 Å². The van der Waals surface area contributed by atoms with Crippen molar-refractivity contribution in [3.8, 4) is 78.4 Å². The van der Waals surface area contributed by atoms with Crippen LogP contribution in [-0.4, -0.2) is 9.13 Å².